The second-order valence-corrected chi connectivity index (χ2v) is 5.40. The van der Waals surface area contributed by atoms with Crippen LogP contribution >= 0.6 is 11.6 Å². The summed E-state index contributed by atoms with van der Waals surface area (Å²) in [6.45, 7) is 0.652. The normalized spacial score (nSPS) is 10.2. The number of carbonyl (C=O) groups is 2. The lowest BCUT2D eigenvalue weighted by Gasteiger charge is -2.09. The molecule has 0 spiro atoms. The van der Waals surface area contributed by atoms with E-state index in [0.717, 1.165) is 5.69 Å². The molecule has 1 aromatic carbocycles. The van der Waals surface area contributed by atoms with Gasteiger partial charge in [0.1, 0.15) is 0 Å². The number of anilines is 1. The number of amides is 2. The summed E-state index contributed by atoms with van der Waals surface area (Å²) >= 11 is 6.14. The van der Waals surface area contributed by atoms with Gasteiger partial charge in [0.25, 0.3) is 5.91 Å². The highest BCUT2D eigenvalue weighted by molar-refractivity contribution is 6.34. The Hall–Kier alpha value is -2.44. The highest BCUT2D eigenvalue weighted by atomic mass is 35.5. The monoisotopic (exact) mass is 347 g/mol. The van der Waals surface area contributed by atoms with Crippen LogP contribution in [0.25, 0.3) is 0 Å². The molecule has 1 heterocycles. The van der Waals surface area contributed by atoms with Crippen LogP contribution in [0.3, 0.4) is 0 Å². The molecule has 0 saturated heterocycles. The number of hydrogen-bond acceptors (Lipinski definition) is 4. The largest absolute Gasteiger partial charge is 0.384 e. The number of rotatable bonds is 7. The first-order chi connectivity index (χ1) is 11.6. The van der Waals surface area contributed by atoms with Crippen molar-refractivity contribution in [1.29, 1.82) is 0 Å². The Morgan fingerprint density at radius 1 is 1.25 bits per heavy atom. The molecule has 0 saturated carbocycles. The molecule has 2 N–H and O–H groups in total. The lowest BCUT2D eigenvalue weighted by Crippen LogP contribution is -2.23. The third-order valence-electron chi connectivity index (χ3n) is 3.19. The molecule has 0 bridgehead atoms. The molecular weight excluding hydrogens is 330 g/mol. The fourth-order valence-electron chi connectivity index (χ4n) is 1.96. The minimum absolute atomic E-state index is 0.180. The van der Waals surface area contributed by atoms with E-state index in [9.17, 15) is 9.59 Å². The number of pyridine rings is 1. The molecule has 1 aromatic heterocycles. The lowest BCUT2D eigenvalue weighted by molar-refractivity contribution is -0.117. The molecule has 0 fully saturated rings. The van der Waals surface area contributed by atoms with E-state index in [0.29, 0.717) is 24.4 Å². The van der Waals surface area contributed by atoms with Crippen molar-refractivity contribution in [2.45, 2.75) is 13.0 Å². The third-order valence-corrected chi connectivity index (χ3v) is 3.50. The number of carbonyl (C=O) groups excluding carboxylic acids is 2. The molecule has 2 aromatic rings. The van der Waals surface area contributed by atoms with E-state index in [4.69, 9.17) is 16.3 Å². The van der Waals surface area contributed by atoms with E-state index in [-0.39, 0.29) is 23.3 Å². The fraction of sp³-hybridized carbons (Fsp3) is 0.235. The number of benzene rings is 1. The van der Waals surface area contributed by atoms with Crippen molar-refractivity contribution in [2.24, 2.45) is 0 Å². The van der Waals surface area contributed by atoms with E-state index in [1.807, 2.05) is 18.2 Å². The van der Waals surface area contributed by atoms with Crippen LogP contribution in [0, 0.1) is 0 Å². The average Bonchev–Trinajstić information content (AvgIpc) is 2.59. The summed E-state index contributed by atoms with van der Waals surface area (Å²) in [6, 6.07) is 10.2. The Balaban J connectivity index is 1.96. The van der Waals surface area contributed by atoms with Crippen molar-refractivity contribution in [3.63, 3.8) is 0 Å². The van der Waals surface area contributed by atoms with Crippen LogP contribution in [-0.4, -0.2) is 30.5 Å². The molecule has 2 amide bonds. The molecule has 7 heteroatoms. The third kappa shape index (κ3) is 5.33. The number of hydrogen-bond donors (Lipinski definition) is 2. The lowest BCUT2D eigenvalue weighted by atomic mass is 10.2. The van der Waals surface area contributed by atoms with E-state index in [2.05, 4.69) is 15.6 Å². The summed E-state index contributed by atoms with van der Waals surface area (Å²) in [4.78, 5) is 28.0. The molecule has 0 aliphatic carbocycles. The smallest absolute Gasteiger partial charge is 0.253 e. The van der Waals surface area contributed by atoms with Crippen molar-refractivity contribution in [2.75, 3.05) is 19.0 Å². The standard InChI is InChI=1S/C17H18ClN3O3/c1-24-9-7-16(22)21-12-5-6-14(15(18)10-12)17(23)20-11-13-4-2-3-8-19-13/h2-6,8,10H,7,9,11H2,1H3,(H,20,23)(H,21,22). The van der Waals surface area contributed by atoms with Crippen LogP contribution in [-0.2, 0) is 16.1 Å². The maximum atomic E-state index is 12.2. The topological polar surface area (TPSA) is 80.3 Å². The molecule has 6 nitrogen and oxygen atoms in total. The summed E-state index contributed by atoms with van der Waals surface area (Å²) in [5, 5.41) is 5.71. The minimum Gasteiger partial charge on any atom is -0.384 e. The maximum absolute atomic E-state index is 12.2. The molecule has 0 atom stereocenters. The zero-order valence-electron chi connectivity index (χ0n) is 13.2. The Morgan fingerprint density at radius 2 is 2.08 bits per heavy atom. The summed E-state index contributed by atoms with van der Waals surface area (Å²) in [5.74, 6) is -0.483. The van der Waals surface area contributed by atoms with Gasteiger partial charge in [-0.05, 0) is 30.3 Å². The summed E-state index contributed by atoms with van der Waals surface area (Å²) in [5.41, 5.74) is 1.62. The fourth-order valence-corrected chi connectivity index (χ4v) is 2.23. The quantitative estimate of drug-likeness (QED) is 0.806. The Labute approximate surface area is 145 Å². The van der Waals surface area contributed by atoms with Crippen molar-refractivity contribution in [3.8, 4) is 0 Å². The van der Waals surface area contributed by atoms with Crippen molar-refractivity contribution >= 4 is 29.1 Å². The predicted molar refractivity (Wildman–Crippen MR) is 92.0 cm³/mol. The van der Waals surface area contributed by atoms with Gasteiger partial charge >= 0.3 is 0 Å². The van der Waals surface area contributed by atoms with E-state index >= 15 is 0 Å². The molecule has 24 heavy (non-hydrogen) atoms. The Bertz CT molecular complexity index is 707. The molecule has 0 aliphatic heterocycles. The van der Waals surface area contributed by atoms with Crippen LogP contribution < -0.4 is 10.6 Å². The average molecular weight is 348 g/mol. The second kappa shape index (κ2) is 9.00. The van der Waals surface area contributed by atoms with Gasteiger partial charge in [-0.25, -0.2) is 0 Å². The van der Waals surface area contributed by atoms with Gasteiger partial charge in [-0.1, -0.05) is 17.7 Å². The molecule has 126 valence electrons. The van der Waals surface area contributed by atoms with Crippen molar-refractivity contribution < 1.29 is 14.3 Å². The number of aromatic nitrogens is 1. The first-order valence-corrected chi connectivity index (χ1v) is 7.74. The zero-order chi connectivity index (χ0) is 17.4. The number of ether oxygens (including phenoxy) is 1. The predicted octanol–water partition coefficient (Wildman–Crippen LogP) is 2.64. The van der Waals surface area contributed by atoms with E-state index in [1.54, 1.807) is 24.4 Å². The van der Waals surface area contributed by atoms with Gasteiger partial charge in [-0.3, -0.25) is 14.6 Å². The van der Waals surface area contributed by atoms with Gasteiger partial charge in [-0.2, -0.15) is 0 Å². The highest BCUT2D eigenvalue weighted by Gasteiger charge is 2.12. The van der Waals surface area contributed by atoms with Gasteiger partial charge < -0.3 is 15.4 Å². The Morgan fingerprint density at radius 3 is 2.75 bits per heavy atom. The Kier molecular flexibility index (Phi) is 6.72. The number of halogens is 1. The number of nitrogens with one attached hydrogen (secondary N) is 2. The highest BCUT2D eigenvalue weighted by Crippen LogP contribution is 2.21. The van der Waals surface area contributed by atoms with Crippen LogP contribution in [0.4, 0.5) is 5.69 Å². The molecule has 0 aliphatic rings. The van der Waals surface area contributed by atoms with Crippen LogP contribution in [0.5, 0.6) is 0 Å². The van der Waals surface area contributed by atoms with Gasteiger partial charge in [0, 0.05) is 19.0 Å². The van der Waals surface area contributed by atoms with E-state index in [1.165, 1.54) is 7.11 Å². The summed E-state index contributed by atoms with van der Waals surface area (Å²) < 4.78 is 4.84. The van der Waals surface area contributed by atoms with Gasteiger partial charge in [0.05, 0.1) is 35.9 Å². The molecule has 0 unspecified atom stereocenters. The SMILES string of the molecule is COCCC(=O)Nc1ccc(C(=O)NCc2ccccn2)c(Cl)c1. The zero-order valence-corrected chi connectivity index (χ0v) is 14.0. The van der Waals surface area contributed by atoms with Crippen molar-refractivity contribution in [3.05, 3.63) is 58.9 Å². The number of nitrogens with zero attached hydrogens (tertiary/aromatic N) is 1. The van der Waals surface area contributed by atoms with Gasteiger partial charge in [0.15, 0.2) is 0 Å². The molecule has 0 radical (unpaired) electrons. The van der Waals surface area contributed by atoms with Gasteiger partial charge in [0.2, 0.25) is 5.91 Å². The number of methoxy groups -OCH3 is 1. The molecule has 2 rings (SSSR count). The first-order valence-electron chi connectivity index (χ1n) is 7.36. The van der Waals surface area contributed by atoms with E-state index < -0.39 is 0 Å². The second-order valence-electron chi connectivity index (χ2n) is 4.99. The first kappa shape index (κ1) is 17.9. The van der Waals surface area contributed by atoms with Gasteiger partial charge in [-0.15, -0.1) is 0 Å². The van der Waals surface area contributed by atoms with Crippen LogP contribution in [0.1, 0.15) is 22.5 Å². The summed E-state index contributed by atoms with van der Waals surface area (Å²) in [6.07, 6.45) is 1.91. The van der Waals surface area contributed by atoms with Crippen LogP contribution in [0.2, 0.25) is 5.02 Å². The summed E-state index contributed by atoms with van der Waals surface area (Å²) in [7, 11) is 1.53. The molecular formula is C17H18ClN3O3. The van der Waals surface area contributed by atoms with Crippen LogP contribution in [0.15, 0.2) is 42.6 Å². The minimum atomic E-state index is -0.303. The maximum Gasteiger partial charge on any atom is 0.253 e. The van der Waals surface area contributed by atoms with Crippen molar-refractivity contribution in [1.82, 2.24) is 10.3 Å².